The summed E-state index contributed by atoms with van der Waals surface area (Å²) in [5.74, 6) is -0.323. The molecule has 0 amide bonds. The molecule has 0 aliphatic carbocycles. The molecule has 0 aromatic heterocycles. The van der Waals surface area contributed by atoms with Crippen molar-refractivity contribution in [1.82, 2.24) is 0 Å². The Morgan fingerprint density at radius 1 is 1.54 bits per heavy atom. The molecule has 70 valence electrons. The van der Waals surface area contributed by atoms with E-state index in [0.29, 0.717) is 10.6 Å². The molecule has 13 heavy (non-hydrogen) atoms. The van der Waals surface area contributed by atoms with Crippen molar-refractivity contribution in [2.75, 3.05) is 13.4 Å². The largest absolute Gasteiger partial charge is 0.496 e. The topological polar surface area (TPSA) is 46.5 Å². The lowest BCUT2D eigenvalue weighted by Gasteiger charge is -2.08. The third-order valence-electron chi connectivity index (χ3n) is 1.63. The highest BCUT2D eigenvalue weighted by molar-refractivity contribution is 7.98. The van der Waals surface area contributed by atoms with Crippen molar-refractivity contribution < 1.29 is 14.6 Å². The number of carboxylic acids is 1. The fourth-order valence-corrected chi connectivity index (χ4v) is 1.78. The molecule has 3 nitrogen and oxygen atoms in total. The first-order chi connectivity index (χ1) is 6.20. The van der Waals surface area contributed by atoms with Crippen LogP contribution < -0.4 is 4.74 Å². The summed E-state index contributed by atoms with van der Waals surface area (Å²) in [6.45, 7) is 0. The van der Waals surface area contributed by atoms with E-state index >= 15 is 0 Å². The van der Waals surface area contributed by atoms with E-state index in [1.807, 2.05) is 6.26 Å². The van der Waals surface area contributed by atoms with Gasteiger partial charge in [-0.25, -0.2) is 4.79 Å². The normalized spacial score (nSPS) is 9.69. The van der Waals surface area contributed by atoms with Gasteiger partial charge >= 0.3 is 5.97 Å². The van der Waals surface area contributed by atoms with Crippen molar-refractivity contribution in [2.24, 2.45) is 0 Å². The van der Waals surface area contributed by atoms with Gasteiger partial charge in [-0.3, -0.25) is 0 Å². The van der Waals surface area contributed by atoms with Gasteiger partial charge in [0, 0.05) is 0 Å². The number of methoxy groups -OCH3 is 1. The van der Waals surface area contributed by atoms with Crippen LogP contribution in [0.3, 0.4) is 0 Å². The monoisotopic (exact) mass is 198 g/mol. The summed E-state index contributed by atoms with van der Waals surface area (Å²) >= 11 is 1.37. The molecular weight excluding hydrogens is 188 g/mol. The van der Waals surface area contributed by atoms with Crippen LogP contribution in [0, 0.1) is 0 Å². The van der Waals surface area contributed by atoms with Crippen molar-refractivity contribution in [2.45, 2.75) is 4.90 Å². The second kappa shape index (κ2) is 4.18. The molecule has 1 aromatic rings. The van der Waals surface area contributed by atoms with Gasteiger partial charge in [-0.2, -0.15) is 0 Å². The number of hydrogen-bond acceptors (Lipinski definition) is 3. The van der Waals surface area contributed by atoms with Crippen molar-refractivity contribution in [3.8, 4) is 5.75 Å². The lowest BCUT2D eigenvalue weighted by Crippen LogP contribution is -2.00. The molecule has 0 atom stereocenters. The zero-order valence-electron chi connectivity index (χ0n) is 7.40. The molecule has 0 saturated carbocycles. The molecule has 0 radical (unpaired) electrons. The highest BCUT2D eigenvalue weighted by Crippen LogP contribution is 2.30. The Morgan fingerprint density at radius 2 is 2.23 bits per heavy atom. The Bertz CT molecular complexity index is 323. The molecule has 0 bridgehead atoms. The third-order valence-corrected chi connectivity index (χ3v) is 2.46. The van der Waals surface area contributed by atoms with Gasteiger partial charge in [0.1, 0.15) is 5.75 Å². The lowest BCUT2D eigenvalue weighted by atomic mass is 10.2. The number of thioether (sulfide) groups is 1. The van der Waals surface area contributed by atoms with Crippen molar-refractivity contribution in [3.05, 3.63) is 23.8 Å². The zero-order chi connectivity index (χ0) is 9.84. The number of carbonyl (C=O) groups is 1. The Kier molecular flexibility index (Phi) is 3.19. The summed E-state index contributed by atoms with van der Waals surface area (Å²) in [7, 11) is 1.53. The minimum atomic E-state index is -0.928. The van der Waals surface area contributed by atoms with E-state index in [-0.39, 0.29) is 5.56 Å². The van der Waals surface area contributed by atoms with Crippen molar-refractivity contribution in [3.63, 3.8) is 0 Å². The fraction of sp³-hybridized carbons (Fsp3) is 0.222. The van der Waals surface area contributed by atoms with Crippen LogP contribution in [0.4, 0.5) is 0 Å². The van der Waals surface area contributed by atoms with E-state index < -0.39 is 5.97 Å². The molecule has 1 aromatic carbocycles. The molecule has 0 fully saturated rings. The van der Waals surface area contributed by atoms with Gasteiger partial charge in [0.2, 0.25) is 0 Å². The number of aromatic carboxylic acids is 1. The molecule has 0 saturated heterocycles. The van der Waals surface area contributed by atoms with Crippen molar-refractivity contribution in [1.29, 1.82) is 0 Å². The van der Waals surface area contributed by atoms with Gasteiger partial charge in [-0.05, 0) is 18.4 Å². The highest BCUT2D eigenvalue weighted by Gasteiger charge is 2.12. The third kappa shape index (κ3) is 1.95. The molecular formula is C9H10O3S. The Labute approximate surface area is 80.7 Å². The second-order valence-corrected chi connectivity index (χ2v) is 3.16. The number of ether oxygens (including phenoxy) is 1. The Hall–Kier alpha value is -1.16. The maximum absolute atomic E-state index is 10.8. The van der Waals surface area contributed by atoms with Gasteiger partial charge in [0.05, 0.1) is 17.6 Å². The molecule has 0 heterocycles. The number of rotatable bonds is 3. The van der Waals surface area contributed by atoms with Gasteiger partial charge in [-0.15, -0.1) is 11.8 Å². The maximum atomic E-state index is 10.8. The van der Waals surface area contributed by atoms with Crippen LogP contribution in [-0.2, 0) is 0 Å². The fourth-order valence-electron chi connectivity index (χ4n) is 1.06. The van der Waals surface area contributed by atoms with Crippen molar-refractivity contribution >= 4 is 17.7 Å². The smallest absolute Gasteiger partial charge is 0.336 e. The number of carboxylic acid groups (broad SMARTS) is 1. The minimum Gasteiger partial charge on any atom is -0.496 e. The predicted octanol–water partition coefficient (Wildman–Crippen LogP) is 2.12. The summed E-state index contributed by atoms with van der Waals surface area (Å²) in [4.78, 5) is 11.4. The molecule has 0 aliphatic rings. The van der Waals surface area contributed by atoms with Gasteiger partial charge in [-0.1, -0.05) is 6.07 Å². The van der Waals surface area contributed by atoms with E-state index in [1.54, 1.807) is 18.2 Å². The highest BCUT2D eigenvalue weighted by atomic mass is 32.2. The van der Waals surface area contributed by atoms with Crippen LogP contribution in [0.1, 0.15) is 10.4 Å². The predicted molar refractivity (Wildman–Crippen MR) is 51.7 cm³/mol. The van der Waals surface area contributed by atoms with Crippen LogP contribution in [0.5, 0.6) is 5.75 Å². The second-order valence-electron chi connectivity index (χ2n) is 2.35. The van der Waals surface area contributed by atoms with Crippen LogP contribution in [-0.4, -0.2) is 24.4 Å². The van der Waals surface area contributed by atoms with E-state index in [1.165, 1.54) is 18.9 Å². The first-order valence-electron chi connectivity index (χ1n) is 3.65. The minimum absolute atomic E-state index is 0.284. The van der Waals surface area contributed by atoms with Crippen LogP contribution in [0.25, 0.3) is 0 Å². The molecule has 0 aliphatic heterocycles. The quantitative estimate of drug-likeness (QED) is 0.756. The summed E-state index contributed by atoms with van der Waals surface area (Å²) in [5.41, 5.74) is 0.284. The SMILES string of the molecule is COc1cccc(C(=O)O)c1SC. The Balaban J connectivity index is 3.27. The molecule has 4 heteroatoms. The van der Waals surface area contributed by atoms with Gasteiger partial charge in [0.15, 0.2) is 0 Å². The standard InChI is InChI=1S/C9H10O3S/c1-12-7-5-3-4-6(9(10)11)8(7)13-2/h3-5H,1-2H3,(H,10,11). The summed E-state index contributed by atoms with van der Waals surface area (Å²) in [5, 5.41) is 8.85. The van der Waals surface area contributed by atoms with E-state index in [2.05, 4.69) is 0 Å². The van der Waals surface area contributed by atoms with Crippen LogP contribution >= 0.6 is 11.8 Å². The zero-order valence-corrected chi connectivity index (χ0v) is 8.22. The van der Waals surface area contributed by atoms with E-state index in [9.17, 15) is 4.79 Å². The van der Waals surface area contributed by atoms with E-state index in [4.69, 9.17) is 9.84 Å². The van der Waals surface area contributed by atoms with Crippen LogP contribution in [0.2, 0.25) is 0 Å². The lowest BCUT2D eigenvalue weighted by molar-refractivity contribution is 0.0692. The summed E-state index contributed by atoms with van der Waals surface area (Å²) in [6, 6.07) is 4.98. The maximum Gasteiger partial charge on any atom is 0.336 e. The average molecular weight is 198 g/mol. The molecule has 1 N–H and O–H groups in total. The van der Waals surface area contributed by atoms with E-state index in [0.717, 1.165) is 0 Å². The Morgan fingerprint density at radius 3 is 2.69 bits per heavy atom. The summed E-state index contributed by atoms with van der Waals surface area (Å²) in [6.07, 6.45) is 1.82. The molecule has 0 spiro atoms. The summed E-state index contributed by atoms with van der Waals surface area (Å²) < 4.78 is 5.04. The van der Waals surface area contributed by atoms with Gasteiger partial charge < -0.3 is 9.84 Å². The first-order valence-corrected chi connectivity index (χ1v) is 4.87. The molecule has 1 rings (SSSR count). The first kappa shape index (κ1) is 9.92. The molecule has 0 unspecified atom stereocenters. The average Bonchev–Trinajstić information content (AvgIpc) is 2.16. The number of hydrogen-bond donors (Lipinski definition) is 1. The number of benzene rings is 1. The van der Waals surface area contributed by atoms with Gasteiger partial charge in [0.25, 0.3) is 0 Å². The van der Waals surface area contributed by atoms with Crippen LogP contribution in [0.15, 0.2) is 23.1 Å².